The lowest BCUT2D eigenvalue weighted by molar-refractivity contribution is -0.139. The van der Waals surface area contributed by atoms with Crippen molar-refractivity contribution in [1.29, 1.82) is 0 Å². The zero-order chi connectivity index (χ0) is 16.1. The van der Waals surface area contributed by atoms with Gasteiger partial charge in [-0.05, 0) is 18.2 Å². The number of piperazine rings is 1. The summed E-state index contributed by atoms with van der Waals surface area (Å²) in [6.07, 6.45) is 0.763. The first-order valence-electron chi connectivity index (χ1n) is 7.43. The highest BCUT2D eigenvalue weighted by Gasteiger charge is 2.23. The van der Waals surface area contributed by atoms with Gasteiger partial charge in [-0.3, -0.25) is 9.59 Å². The molecule has 0 unspecified atom stereocenters. The molecule has 120 valence electrons. The van der Waals surface area contributed by atoms with Crippen molar-refractivity contribution in [2.24, 2.45) is 0 Å². The quantitative estimate of drug-likeness (QED) is 0.851. The molecular formula is C16H21ClN2O3. The summed E-state index contributed by atoms with van der Waals surface area (Å²) in [6, 6.07) is 5.27. The highest BCUT2D eigenvalue weighted by molar-refractivity contribution is 6.30. The van der Waals surface area contributed by atoms with Gasteiger partial charge in [-0.25, -0.2) is 0 Å². The molecule has 0 N–H and O–H groups in total. The summed E-state index contributed by atoms with van der Waals surface area (Å²) in [6.45, 7) is 4.21. The van der Waals surface area contributed by atoms with E-state index in [2.05, 4.69) is 0 Å². The van der Waals surface area contributed by atoms with Crippen LogP contribution in [-0.4, -0.2) is 54.9 Å². The maximum absolute atomic E-state index is 12.4. The largest absolute Gasteiger partial charge is 0.496 e. The molecule has 2 amide bonds. The zero-order valence-corrected chi connectivity index (χ0v) is 13.7. The van der Waals surface area contributed by atoms with E-state index in [1.54, 1.807) is 30.2 Å². The van der Waals surface area contributed by atoms with Gasteiger partial charge in [-0.15, -0.1) is 0 Å². The third-order valence-corrected chi connectivity index (χ3v) is 4.11. The Kier molecular flexibility index (Phi) is 5.66. The van der Waals surface area contributed by atoms with E-state index in [1.807, 2.05) is 11.8 Å². The van der Waals surface area contributed by atoms with Gasteiger partial charge >= 0.3 is 0 Å². The maximum Gasteiger partial charge on any atom is 0.227 e. The minimum absolute atomic E-state index is 0.0316. The van der Waals surface area contributed by atoms with Crippen molar-refractivity contribution in [2.75, 3.05) is 33.3 Å². The third kappa shape index (κ3) is 3.91. The van der Waals surface area contributed by atoms with Gasteiger partial charge < -0.3 is 14.5 Å². The van der Waals surface area contributed by atoms with Gasteiger partial charge in [0.25, 0.3) is 0 Å². The molecule has 0 spiro atoms. The van der Waals surface area contributed by atoms with Crippen LogP contribution in [0.2, 0.25) is 5.02 Å². The minimum atomic E-state index is 0.0316. The number of hydrogen-bond donors (Lipinski definition) is 0. The minimum Gasteiger partial charge on any atom is -0.496 e. The first kappa shape index (κ1) is 16.6. The predicted molar refractivity (Wildman–Crippen MR) is 85.2 cm³/mol. The number of rotatable bonds is 4. The molecular weight excluding hydrogens is 304 g/mol. The Morgan fingerprint density at radius 2 is 1.73 bits per heavy atom. The molecule has 1 aromatic rings. The molecule has 1 saturated heterocycles. The monoisotopic (exact) mass is 324 g/mol. The molecule has 0 bridgehead atoms. The summed E-state index contributed by atoms with van der Waals surface area (Å²) in [5.41, 5.74) is 0.784. The van der Waals surface area contributed by atoms with E-state index in [0.29, 0.717) is 43.4 Å². The Morgan fingerprint density at radius 1 is 1.14 bits per heavy atom. The Balaban J connectivity index is 1.96. The summed E-state index contributed by atoms with van der Waals surface area (Å²) < 4.78 is 5.27. The van der Waals surface area contributed by atoms with Crippen LogP contribution in [0.1, 0.15) is 18.9 Å². The number of ether oxygens (including phenoxy) is 1. The molecule has 1 fully saturated rings. The molecule has 2 rings (SSSR count). The SMILES string of the molecule is CCC(=O)N1CCN(C(=O)Cc2cc(Cl)ccc2OC)CC1. The van der Waals surface area contributed by atoms with E-state index < -0.39 is 0 Å². The predicted octanol–water partition coefficient (Wildman–Crippen LogP) is 1.97. The molecule has 1 aliphatic heterocycles. The Bertz CT molecular complexity index is 554. The average molecular weight is 325 g/mol. The lowest BCUT2D eigenvalue weighted by atomic mass is 10.1. The summed E-state index contributed by atoms with van der Waals surface area (Å²) >= 11 is 5.99. The van der Waals surface area contributed by atoms with Crippen LogP contribution in [0.15, 0.2) is 18.2 Å². The number of nitrogens with zero attached hydrogens (tertiary/aromatic N) is 2. The van der Waals surface area contributed by atoms with Crippen LogP contribution in [0.25, 0.3) is 0 Å². The summed E-state index contributed by atoms with van der Waals surface area (Å²) in [5.74, 6) is 0.838. The van der Waals surface area contributed by atoms with Gasteiger partial charge in [0.1, 0.15) is 5.75 Å². The van der Waals surface area contributed by atoms with Gasteiger partial charge in [-0.2, -0.15) is 0 Å². The molecule has 1 aromatic carbocycles. The third-order valence-electron chi connectivity index (χ3n) is 3.87. The molecule has 5 nitrogen and oxygen atoms in total. The van der Waals surface area contributed by atoms with Crippen molar-refractivity contribution in [3.8, 4) is 5.75 Å². The lowest BCUT2D eigenvalue weighted by Crippen LogP contribution is -2.50. The molecule has 0 atom stereocenters. The Hall–Kier alpha value is -1.75. The molecule has 0 aliphatic carbocycles. The standard InChI is InChI=1S/C16H21ClN2O3/c1-3-15(20)18-6-8-19(9-7-18)16(21)11-12-10-13(17)4-5-14(12)22-2/h4-5,10H,3,6-9,11H2,1-2H3. The molecule has 0 aromatic heterocycles. The van der Waals surface area contributed by atoms with Crippen molar-refractivity contribution in [2.45, 2.75) is 19.8 Å². The number of halogens is 1. The number of hydrogen-bond acceptors (Lipinski definition) is 3. The van der Waals surface area contributed by atoms with Crippen molar-refractivity contribution in [3.05, 3.63) is 28.8 Å². The molecule has 0 saturated carbocycles. The summed E-state index contributed by atoms with van der Waals surface area (Å²) in [5, 5.41) is 0.585. The van der Waals surface area contributed by atoms with E-state index in [1.165, 1.54) is 0 Å². The number of carbonyl (C=O) groups is 2. The van der Waals surface area contributed by atoms with Crippen molar-refractivity contribution in [1.82, 2.24) is 9.80 Å². The van der Waals surface area contributed by atoms with Crippen LogP contribution in [0.4, 0.5) is 0 Å². The summed E-state index contributed by atoms with van der Waals surface area (Å²) in [7, 11) is 1.58. The molecule has 0 radical (unpaired) electrons. The van der Waals surface area contributed by atoms with E-state index in [0.717, 1.165) is 5.56 Å². The Labute approximate surface area is 135 Å². The van der Waals surface area contributed by atoms with Gasteiger partial charge in [-0.1, -0.05) is 18.5 Å². The highest BCUT2D eigenvalue weighted by atomic mass is 35.5. The van der Waals surface area contributed by atoms with Gasteiger partial charge in [0, 0.05) is 43.2 Å². The highest BCUT2D eigenvalue weighted by Crippen LogP contribution is 2.23. The van der Waals surface area contributed by atoms with Crippen LogP contribution in [-0.2, 0) is 16.0 Å². The topological polar surface area (TPSA) is 49.9 Å². The van der Waals surface area contributed by atoms with Gasteiger partial charge in [0.15, 0.2) is 0 Å². The van der Waals surface area contributed by atoms with Crippen molar-refractivity contribution >= 4 is 23.4 Å². The fraction of sp³-hybridized carbons (Fsp3) is 0.500. The molecule has 6 heteroatoms. The van der Waals surface area contributed by atoms with Crippen molar-refractivity contribution < 1.29 is 14.3 Å². The zero-order valence-electron chi connectivity index (χ0n) is 13.0. The number of carbonyl (C=O) groups excluding carboxylic acids is 2. The number of amides is 2. The smallest absolute Gasteiger partial charge is 0.227 e. The van der Waals surface area contributed by atoms with E-state index in [4.69, 9.17) is 16.3 Å². The first-order chi connectivity index (χ1) is 10.5. The van der Waals surface area contributed by atoms with Crippen LogP contribution < -0.4 is 4.74 Å². The second-order valence-electron chi connectivity index (χ2n) is 5.25. The fourth-order valence-electron chi connectivity index (χ4n) is 2.59. The molecule has 22 heavy (non-hydrogen) atoms. The number of benzene rings is 1. The normalized spacial score (nSPS) is 14.9. The van der Waals surface area contributed by atoms with E-state index in [9.17, 15) is 9.59 Å². The van der Waals surface area contributed by atoms with Crippen molar-refractivity contribution in [3.63, 3.8) is 0 Å². The number of methoxy groups -OCH3 is 1. The van der Waals surface area contributed by atoms with Crippen LogP contribution in [0, 0.1) is 0 Å². The van der Waals surface area contributed by atoms with Crippen LogP contribution >= 0.6 is 11.6 Å². The van der Waals surface area contributed by atoms with E-state index in [-0.39, 0.29) is 18.2 Å². The first-order valence-corrected chi connectivity index (χ1v) is 7.81. The molecule has 1 heterocycles. The average Bonchev–Trinajstić information content (AvgIpc) is 2.54. The van der Waals surface area contributed by atoms with Crippen LogP contribution in [0.3, 0.4) is 0 Å². The lowest BCUT2D eigenvalue weighted by Gasteiger charge is -2.34. The Morgan fingerprint density at radius 3 is 2.27 bits per heavy atom. The second kappa shape index (κ2) is 7.49. The van der Waals surface area contributed by atoms with Gasteiger partial charge in [0.05, 0.1) is 13.5 Å². The van der Waals surface area contributed by atoms with Gasteiger partial charge in [0.2, 0.25) is 11.8 Å². The fourth-order valence-corrected chi connectivity index (χ4v) is 2.78. The second-order valence-corrected chi connectivity index (χ2v) is 5.68. The van der Waals surface area contributed by atoms with Crippen LogP contribution in [0.5, 0.6) is 5.75 Å². The molecule has 1 aliphatic rings. The van der Waals surface area contributed by atoms with E-state index >= 15 is 0 Å². The summed E-state index contributed by atoms with van der Waals surface area (Å²) in [4.78, 5) is 27.7. The maximum atomic E-state index is 12.4.